The van der Waals surface area contributed by atoms with Crippen LogP contribution in [0.3, 0.4) is 0 Å². The van der Waals surface area contributed by atoms with E-state index in [2.05, 4.69) is 29.7 Å². The highest BCUT2D eigenvalue weighted by Crippen LogP contribution is 2.32. The van der Waals surface area contributed by atoms with E-state index in [0.717, 1.165) is 37.9 Å². The topological polar surface area (TPSA) is 137 Å². The van der Waals surface area contributed by atoms with E-state index in [0.29, 0.717) is 34.9 Å². The van der Waals surface area contributed by atoms with Crippen LogP contribution in [0, 0.1) is 0 Å². The molecule has 0 unspecified atom stereocenters. The Morgan fingerprint density at radius 3 is 2.64 bits per heavy atom. The summed E-state index contributed by atoms with van der Waals surface area (Å²) < 4.78 is 11.2. The Bertz CT molecular complexity index is 1630. The molecule has 5 rings (SSSR count). The van der Waals surface area contributed by atoms with Gasteiger partial charge >= 0.3 is 5.97 Å². The van der Waals surface area contributed by atoms with Gasteiger partial charge in [-0.1, -0.05) is 23.2 Å². The number of nitrogens with one attached hydrogen (secondary N) is 1. The number of methoxy groups -OCH3 is 1. The predicted octanol–water partition coefficient (Wildman–Crippen LogP) is 4.16. The van der Waals surface area contributed by atoms with Gasteiger partial charge in [0.15, 0.2) is 0 Å². The number of rotatable bonds is 9. The van der Waals surface area contributed by atoms with Gasteiger partial charge in [0.25, 0.3) is 0 Å². The van der Waals surface area contributed by atoms with Gasteiger partial charge in [-0.15, -0.1) is 0 Å². The monoisotopic (exact) mass is 641 g/mol. The van der Waals surface area contributed by atoms with Crippen molar-refractivity contribution >= 4 is 40.8 Å². The van der Waals surface area contributed by atoms with Crippen molar-refractivity contribution < 1.29 is 19.4 Å². The van der Waals surface area contributed by atoms with Crippen LogP contribution in [-0.2, 0) is 0 Å². The number of H-pyrrole nitrogens is 1. The third-order valence-electron chi connectivity index (χ3n) is 7.75. The number of nitrogens with zero attached hydrogens (tertiary/aromatic N) is 6. The fourth-order valence-corrected chi connectivity index (χ4v) is 5.56. The molecule has 0 aliphatic carbocycles. The third kappa shape index (κ3) is 6.82. The quantitative estimate of drug-likeness (QED) is 0.348. The van der Waals surface area contributed by atoms with Gasteiger partial charge in [-0.2, -0.15) is 4.98 Å². The van der Waals surface area contributed by atoms with E-state index in [1.807, 2.05) is 25.1 Å². The first kappa shape index (κ1) is 31.3. The molecule has 5 heterocycles. The summed E-state index contributed by atoms with van der Waals surface area (Å²) in [5.74, 6) is 0.491. The minimum atomic E-state index is -1.40. The number of hydrogen-bond acceptors (Lipinski definition) is 10. The van der Waals surface area contributed by atoms with Crippen molar-refractivity contribution in [2.75, 3.05) is 57.2 Å². The summed E-state index contributed by atoms with van der Waals surface area (Å²) >= 11 is 13.2. The molecule has 2 aliphatic rings. The van der Waals surface area contributed by atoms with Crippen LogP contribution in [0.1, 0.15) is 23.2 Å². The minimum Gasteiger partial charge on any atom is -0.481 e. The Kier molecular flexibility index (Phi) is 9.72. The van der Waals surface area contributed by atoms with Gasteiger partial charge in [0.05, 0.1) is 24.5 Å². The maximum Gasteiger partial charge on any atom is 0.341 e. The number of halogens is 2. The highest BCUT2D eigenvalue weighted by atomic mass is 35.5. The lowest BCUT2D eigenvalue weighted by Crippen LogP contribution is -2.57. The number of carboxylic acid groups (broad SMARTS) is 1. The Labute approximate surface area is 264 Å². The average molecular weight is 643 g/mol. The summed E-state index contributed by atoms with van der Waals surface area (Å²) in [5, 5.41) is 10.3. The van der Waals surface area contributed by atoms with Crippen LogP contribution in [0.5, 0.6) is 11.8 Å². The first-order valence-electron chi connectivity index (χ1n) is 14.0. The zero-order valence-corrected chi connectivity index (χ0v) is 26.0. The number of likely N-dealkylation sites (N-methyl/N-ethyl adjacent to an activating group) is 1. The van der Waals surface area contributed by atoms with E-state index in [4.69, 9.17) is 32.7 Å². The highest BCUT2D eigenvalue weighted by Gasteiger charge is 2.30. The second kappa shape index (κ2) is 13.7. The smallest absolute Gasteiger partial charge is 0.341 e. The Morgan fingerprint density at radius 1 is 1.16 bits per heavy atom. The standard InChI is InChI=1S/C30H33Cl2N7O5/c1-37(2)20-14-38(15-20)25-8-6-18(12-34-25)21-11-24(32)28(35-17-33-13-22(27(21)40)30(41)42)39-10-4-5-19(39)16-44-29-23(31)7-9-26(36-29)43-3/h6-9,11-13,17,19-20H,4-5,10,14-16H2,1-3H3,(H,33,35)(H,41,42)/t19-/m1/s1. The summed E-state index contributed by atoms with van der Waals surface area (Å²) in [6, 6.07) is 8.67. The molecule has 3 aromatic heterocycles. The van der Waals surface area contributed by atoms with Crippen LogP contribution in [0.4, 0.5) is 11.6 Å². The summed E-state index contributed by atoms with van der Waals surface area (Å²) in [5.41, 5.74) is -0.732. The summed E-state index contributed by atoms with van der Waals surface area (Å²) in [4.78, 5) is 47.9. The van der Waals surface area contributed by atoms with Crippen molar-refractivity contribution in [2.24, 2.45) is 0 Å². The third-order valence-corrected chi connectivity index (χ3v) is 8.32. The maximum atomic E-state index is 13.6. The van der Waals surface area contributed by atoms with Crippen LogP contribution >= 0.6 is 23.2 Å². The van der Waals surface area contributed by atoms with Crippen molar-refractivity contribution in [2.45, 2.75) is 24.9 Å². The van der Waals surface area contributed by atoms with Gasteiger partial charge in [0, 0.05) is 55.3 Å². The summed E-state index contributed by atoms with van der Waals surface area (Å²) in [6.45, 7) is 2.58. The van der Waals surface area contributed by atoms with Crippen molar-refractivity contribution in [3.8, 4) is 22.9 Å². The van der Waals surface area contributed by atoms with Crippen LogP contribution < -0.4 is 24.7 Å². The van der Waals surface area contributed by atoms with Crippen molar-refractivity contribution in [3.05, 3.63) is 74.9 Å². The fraction of sp³-hybridized carbons (Fsp3) is 0.367. The van der Waals surface area contributed by atoms with Gasteiger partial charge in [-0.3, -0.25) is 4.79 Å². The molecule has 2 saturated heterocycles. The Morgan fingerprint density at radius 2 is 1.95 bits per heavy atom. The number of hydrogen-bond donors (Lipinski definition) is 2. The summed E-state index contributed by atoms with van der Waals surface area (Å²) in [6.07, 6.45) is 5.53. The average Bonchev–Trinajstić information content (AvgIpc) is 3.44. The number of aromatic nitrogens is 4. The molecule has 2 aliphatic heterocycles. The number of aromatic carboxylic acids is 1. The van der Waals surface area contributed by atoms with Crippen molar-refractivity contribution in [3.63, 3.8) is 0 Å². The fourth-order valence-electron chi connectivity index (χ4n) is 5.13. The van der Waals surface area contributed by atoms with E-state index < -0.39 is 17.0 Å². The second-order valence-corrected chi connectivity index (χ2v) is 11.5. The lowest BCUT2D eigenvalue weighted by Gasteiger charge is -2.43. The Hall–Kier alpha value is -4.13. The second-order valence-electron chi connectivity index (χ2n) is 10.7. The lowest BCUT2D eigenvalue weighted by molar-refractivity contribution is 0.0695. The molecule has 0 saturated carbocycles. The largest absolute Gasteiger partial charge is 0.481 e. The van der Waals surface area contributed by atoms with Crippen LogP contribution in [-0.4, -0.2) is 95.4 Å². The Balaban J connectivity index is 1.49. The first-order valence-corrected chi connectivity index (χ1v) is 14.8. The van der Waals surface area contributed by atoms with E-state index in [9.17, 15) is 14.7 Å². The zero-order valence-electron chi connectivity index (χ0n) is 24.5. The number of carbonyl (C=O) groups is 1. The molecule has 14 heteroatoms. The number of carboxylic acids is 1. The zero-order chi connectivity index (χ0) is 31.4. The number of pyridine rings is 2. The lowest BCUT2D eigenvalue weighted by atomic mass is 10.1. The maximum absolute atomic E-state index is 13.6. The molecular weight excluding hydrogens is 609 g/mol. The van der Waals surface area contributed by atoms with E-state index in [1.54, 1.807) is 24.4 Å². The highest BCUT2D eigenvalue weighted by molar-refractivity contribution is 6.33. The number of aromatic amines is 1. The predicted molar refractivity (Wildman–Crippen MR) is 169 cm³/mol. The molecule has 44 heavy (non-hydrogen) atoms. The van der Waals surface area contributed by atoms with Gasteiger partial charge in [-0.25, -0.2) is 14.8 Å². The van der Waals surface area contributed by atoms with Crippen molar-refractivity contribution in [1.82, 2.24) is 24.8 Å². The molecule has 2 fully saturated rings. The first-order chi connectivity index (χ1) is 21.2. The number of anilines is 2. The van der Waals surface area contributed by atoms with Crippen LogP contribution in [0.2, 0.25) is 10.0 Å². The SMILES string of the molecule is COc1ccc(Cl)c(OC[C@H]2CCCN2c2[nH]cncc(C(=O)O)c(=O)c(-c3ccc(N4CC(N(C)C)C4)nc3)cc2Cl)n1. The van der Waals surface area contributed by atoms with E-state index >= 15 is 0 Å². The molecule has 0 radical (unpaired) electrons. The van der Waals surface area contributed by atoms with Gasteiger partial charge < -0.3 is 34.3 Å². The minimum absolute atomic E-state index is 0.0771. The molecule has 2 N–H and O–H groups in total. The molecule has 0 spiro atoms. The molecule has 1 atom stereocenters. The normalized spacial score (nSPS) is 16.5. The van der Waals surface area contributed by atoms with E-state index in [-0.39, 0.29) is 29.1 Å². The van der Waals surface area contributed by atoms with E-state index in [1.165, 1.54) is 19.5 Å². The molecular formula is C30H33Cl2N7O5. The molecule has 0 bridgehead atoms. The molecule has 0 amide bonds. The van der Waals surface area contributed by atoms with Gasteiger partial charge in [0.2, 0.25) is 17.2 Å². The van der Waals surface area contributed by atoms with Gasteiger partial charge in [0.1, 0.15) is 28.8 Å². The van der Waals surface area contributed by atoms with Crippen LogP contribution in [0.25, 0.3) is 11.1 Å². The summed E-state index contributed by atoms with van der Waals surface area (Å²) in [7, 11) is 5.59. The molecule has 3 aromatic rings. The van der Waals surface area contributed by atoms with Crippen molar-refractivity contribution in [1.29, 1.82) is 0 Å². The molecule has 232 valence electrons. The number of ether oxygens (including phenoxy) is 2. The van der Waals surface area contributed by atoms with Gasteiger partial charge in [-0.05, 0) is 51.2 Å². The molecule has 0 aromatic carbocycles. The molecule has 12 nitrogen and oxygen atoms in total. The van der Waals surface area contributed by atoms with Crippen LogP contribution in [0.15, 0.2) is 53.8 Å².